The third kappa shape index (κ3) is 2.85. The summed E-state index contributed by atoms with van der Waals surface area (Å²) in [6, 6.07) is 17.3. The maximum Gasteiger partial charge on any atom is -0.0152 e. The molecule has 0 N–H and O–H groups in total. The van der Waals surface area contributed by atoms with Crippen molar-refractivity contribution in [1.82, 2.24) is 0 Å². The van der Waals surface area contributed by atoms with Crippen LogP contribution in [0.15, 0.2) is 61.2 Å². The van der Waals surface area contributed by atoms with E-state index in [0.717, 1.165) is 12.8 Å². The topological polar surface area (TPSA) is 0 Å². The van der Waals surface area contributed by atoms with Gasteiger partial charge in [-0.15, -0.1) is 6.58 Å². The van der Waals surface area contributed by atoms with Crippen LogP contribution in [-0.2, 0) is 6.42 Å². The van der Waals surface area contributed by atoms with Crippen LogP contribution in [0.2, 0.25) is 0 Å². The van der Waals surface area contributed by atoms with E-state index in [0.29, 0.717) is 0 Å². The molecular formula is C17H18. The molecule has 0 spiro atoms. The average Bonchev–Trinajstić information content (AvgIpc) is 2.38. The molecule has 0 aliphatic carbocycles. The van der Waals surface area contributed by atoms with E-state index in [9.17, 15) is 0 Å². The van der Waals surface area contributed by atoms with E-state index in [1.165, 1.54) is 22.3 Å². The summed E-state index contributed by atoms with van der Waals surface area (Å²) in [5, 5.41) is 0. The van der Waals surface area contributed by atoms with Crippen molar-refractivity contribution >= 4 is 0 Å². The zero-order valence-corrected chi connectivity index (χ0v) is 10.3. The lowest BCUT2D eigenvalue weighted by Crippen LogP contribution is -1.89. The number of hydrogen-bond donors (Lipinski definition) is 0. The first-order chi connectivity index (χ1) is 8.31. The third-order valence-corrected chi connectivity index (χ3v) is 3.00. The fourth-order valence-electron chi connectivity index (χ4n) is 2.01. The molecule has 0 aliphatic heterocycles. The van der Waals surface area contributed by atoms with Crippen LogP contribution in [0.5, 0.6) is 0 Å². The van der Waals surface area contributed by atoms with Gasteiger partial charge in [0.2, 0.25) is 0 Å². The maximum atomic E-state index is 3.79. The van der Waals surface area contributed by atoms with Crippen molar-refractivity contribution in [2.75, 3.05) is 0 Å². The van der Waals surface area contributed by atoms with Crippen LogP contribution in [0, 0.1) is 6.92 Å². The number of allylic oxidation sites excluding steroid dienone is 1. The van der Waals surface area contributed by atoms with Crippen molar-refractivity contribution in [2.45, 2.75) is 19.8 Å². The number of aryl methyl sites for hydroxylation is 2. The maximum absolute atomic E-state index is 3.79. The Kier molecular flexibility index (Phi) is 3.77. The molecule has 2 aromatic carbocycles. The van der Waals surface area contributed by atoms with Gasteiger partial charge in [-0.1, -0.05) is 60.2 Å². The second kappa shape index (κ2) is 5.49. The van der Waals surface area contributed by atoms with Crippen molar-refractivity contribution < 1.29 is 0 Å². The number of benzene rings is 2. The molecule has 86 valence electrons. The van der Waals surface area contributed by atoms with E-state index in [1.807, 2.05) is 6.08 Å². The highest BCUT2D eigenvalue weighted by Gasteiger charge is 2.03. The Bertz CT molecular complexity index is 492. The molecule has 0 amide bonds. The molecule has 0 aliphatic rings. The van der Waals surface area contributed by atoms with Gasteiger partial charge in [0.15, 0.2) is 0 Å². The Balaban J connectivity index is 2.36. The molecule has 0 saturated heterocycles. The largest absolute Gasteiger partial charge is 0.103 e. The molecule has 0 unspecified atom stereocenters. The summed E-state index contributed by atoms with van der Waals surface area (Å²) in [5.74, 6) is 0. The van der Waals surface area contributed by atoms with Crippen LogP contribution in [0.3, 0.4) is 0 Å². The zero-order valence-electron chi connectivity index (χ0n) is 10.3. The van der Waals surface area contributed by atoms with Gasteiger partial charge in [0.1, 0.15) is 0 Å². The van der Waals surface area contributed by atoms with Gasteiger partial charge in [0.25, 0.3) is 0 Å². The van der Waals surface area contributed by atoms with Crippen LogP contribution in [0.1, 0.15) is 17.5 Å². The van der Waals surface area contributed by atoms with Gasteiger partial charge in [-0.25, -0.2) is 0 Å². The second-order valence-corrected chi connectivity index (χ2v) is 4.35. The SMILES string of the molecule is C=CCCc1ccccc1-c1ccc(C)cc1. The standard InChI is InChI=1S/C17H18/c1-3-4-7-15-8-5-6-9-17(15)16-12-10-14(2)11-13-16/h3,5-6,8-13H,1,4,7H2,2H3. The molecule has 2 rings (SSSR count). The molecule has 0 fully saturated rings. The van der Waals surface area contributed by atoms with Crippen molar-refractivity contribution in [3.05, 3.63) is 72.3 Å². The highest BCUT2D eigenvalue weighted by molar-refractivity contribution is 5.67. The number of rotatable bonds is 4. The lowest BCUT2D eigenvalue weighted by molar-refractivity contribution is 1.01. The zero-order chi connectivity index (χ0) is 12.1. The van der Waals surface area contributed by atoms with Crippen molar-refractivity contribution in [2.24, 2.45) is 0 Å². The average molecular weight is 222 g/mol. The normalized spacial score (nSPS) is 10.2. The van der Waals surface area contributed by atoms with Crippen molar-refractivity contribution in [3.63, 3.8) is 0 Å². The lowest BCUT2D eigenvalue weighted by Gasteiger charge is -2.09. The predicted molar refractivity (Wildman–Crippen MR) is 75.1 cm³/mol. The molecule has 2 aromatic rings. The summed E-state index contributed by atoms with van der Waals surface area (Å²) in [7, 11) is 0. The minimum absolute atomic E-state index is 1.03. The first-order valence-corrected chi connectivity index (χ1v) is 6.07. The van der Waals surface area contributed by atoms with E-state index < -0.39 is 0 Å². The van der Waals surface area contributed by atoms with Gasteiger partial charge < -0.3 is 0 Å². The van der Waals surface area contributed by atoms with E-state index >= 15 is 0 Å². The van der Waals surface area contributed by atoms with Crippen molar-refractivity contribution in [1.29, 1.82) is 0 Å². The Labute approximate surface area is 104 Å². The molecule has 0 atom stereocenters. The molecule has 0 saturated carbocycles. The van der Waals surface area contributed by atoms with E-state index in [2.05, 4.69) is 62.0 Å². The van der Waals surface area contributed by atoms with Crippen LogP contribution in [-0.4, -0.2) is 0 Å². The van der Waals surface area contributed by atoms with Crippen molar-refractivity contribution in [3.8, 4) is 11.1 Å². The van der Waals surface area contributed by atoms with Gasteiger partial charge in [0.05, 0.1) is 0 Å². The van der Waals surface area contributed by atoms with Gasteiger partial charge in [-0.05, 0) is 36.5 Å². The molecule has 0 heterocycles. The second-order valence-electron chi connectivity index (χ2n) is 4.35. The van der Waals surface area contributed by atoms with Crippen LogP contribution >= 0.6 is 0 Å². The van der Waals surface area contributed by atoms with E-state index in [4.69, 9.17) is 0 Å². The van der Waals surface area contributed by atoms with Gasteiger partial charge >= 0.3 is 0 Å². The number of hydrogen-bond acceptors (Lipinski definition) is 0. The highest BCUT2D eigenvalue weighted by atomic mass is 14.1. The summed E-state index contributed by atoms with van der Waals surface area (Å²) < 4.78 is 0. The Morgan fingerprint density at radius 1 is 1.00 bits per heavy atom. The predicted octanol–water partition coefficient (Wildman–Crippen LogP) is 4.78. The molecule has 0 bridgehead atoms. The fourth-order valence-corrected chi connectivity index (χ4v) is 2.01. The highest BCUT2D eigenvalue weighted by Crippen LogP contribution is 2.24. The summed E-state index contributed by atoms with van der Waals surface area (Å²) in [5.41, 5.74) is 5.35. The lowest BCUT2D eigenvalue weighted by atomic mass is 9.96. The van der Waals surface area contributed by atoms with Gasteiger partial charge in [-0.2, -0.15) is 0 Å². The molecular weight excluding hydrogens is 204 g/mol. The van der Waals surface area contributed by atoms with Crippen LogP contribution < -0.4 is 0 Å². The summed E-state index contributed by atoms with van der Waals surface area (Å²) in [4.78, 5) is 0. The Morgan fingerprint density at radius 3 is 2.41 bits per heavy atom. The Morgan fingerprint density at radius 2 is 1.71 bits per heavy atom. The fraction of sp³-hybridized carbons (Fsp3) is 0.176. The summed E-state index contributed by atoms with van der Waals surface area (Å²) in [6.07, 6.45) is 4.07. The van der Waals surface area contributed by atoms with Gasteiger partial charge in [0, 0.05) is 0 Å². The minimum atomic E-state index is 1.03. The molecule has 0 heteroatoms. The van der Waals surface area contributed by atoms with E-state index in [1.54, 1.807) is 0 Å². The first kappa shape index (κ1) is 11.7. The molecule has 17 heavy (non-hydrogen) atoms. The smallest absolute Gasteiger partial charge is 0.0152 e. The van der Waals surface area contributed by atoms with Crippen LogP contribution in [0.4, 0.5) is 0 Å². The minimum Gasteiger partial charge on any atom is -0.103 e. The first-order valence-electron chi connectivity index (χ1n) is 6.07. The van der Waals surface area contributed by atoms with E-state index in [-0.39, 0.29) is 0 Å². The molecule has 0 aromatic heterocycles. The summed E-state index contributed by atoms with van der Waals surface area (Å²) in [6.45, 7) is 5.91. The Hall–Kier alpha value is -1.82. The van der Waals surface area contributed by atoms with Gasteiger partial charge in [-0.3, -0.25) is 0 Å². The summed E-state index contributed by atoms with van der Waals surface area (Å²) >= 11 is 0. The van der Waals surface area contributed by atoms with Crippen LogP contribution in [0.25, 0.3) is 11.1 Å². The quantitative estimate of drug-likeness (QED) is 0.653. The molecule has 0 nitrogen and oxygen atoms in total. The monoisotopic (exact) mass is 222 g/mol. The molecule has 0 radical (unpaired) electrons. The third-order valence-electron chi connectivity index (χ3n) is 3.00.